The topological polar surface area (TPSA) is 12.0 Å². The van der Waals surface area contributed by atoms with Gasteiger partial charge in [0.25, 0.3) is 0 Å². The third-order valence-corrected chi connectivity index (χ3v) is 2.51. The van der Waals surface area contributed by atoms with Crippen LogP contribution in [0.15, 0.2) is 24.3 Å². The molecule has 80 valence electrons. The summed E-state index contributed by atoms with van der Waals surface area (Å²) in [6, 6.07) is 9.05. The molecule has 1 aromatic rings. The Morgan fingerprint density at radius 2 is 2.00 bits per heavy atom. The molecule has 1 unspecified atom stereocenters. The Hall–Kier alpha value is -1.26. The molecule has 0 bridgehead atoms. The highest BCUT2D eigenvalue weighted by Gasteiger charge is 2.08. The van der Waals surface area contributed by atoms with Crippen molar-refractivity contribution >= 4 is 0 Å². The van der Waals surface area contributed by atoms with Gasteiger partial charge in [0.15, 0.2) is 0 Å². The van der Waals surface area contributed by atoms with Crippen molar-refractivity contribution in [1.29, 1.82) is 0 Å². The summed E-state index contributed by atoms with van der Waals surface area (Å²) in [6.45, 7) is 5.20. The van der Waals surface area contributed by atoms with Gasteiger partial charge in [-0.1, -0.05) is 36.8 Å². The Bertz CT molecular complexity index is 318. The fourth-order valence-corrected chi connectivity index (χ4v) is 1.66. The highest BCUT2D eigenvalue weighted by atomic mass is 14.9. The van der Waals surface area contributed by atoms with Crippen LogP contribution in [0.25, 0.3) is 0 Å². The molecule has 0 saturated heterocycles. The zero-order valence-corrected chi connectivity index (χ0v) is 9.59. The van der Waals surface area contributed by atoms with Crippen molar-refractivity contribution < 1.29 is 0 Å². The monoisotopic (exact) mass is 201 g/mol. The molecule has 0 saturated carbocycles. The van der Waals surface area contributed by atoms with E-state index in [9.17, 15) is 0 Å². The van der Waals surface area contributed by atoms with Crippen LogP contribution in [0.5, 0.6) is 0 Å². The fraction of sp³-hybridized carbons (Fsp3) is 0.429. The van der Waals surface area contributed by atoms with Crippen molar-refractivity contribution in [2.75, 3.05) is 6.54 Å². The molecule has 0 fully saturated rings. The molecule has 0 spiro atoms. The van der Waals surface area contributed by atoms with Gasteiger partial charge in [0, 0.05) is 12.5 Å². The van der Waals surface area contributed by atoms with Crippen molar-refractivity contribution in [3.8, 4) is 12.3 Å². The van der Waals surface area contributed by atoms with E-state index in [0.717, 1.165) is 19.4 Å². The summed E-state index contributed by atoms with van der Waals surface area (Å²) in [5.41, 5.74) is 2.63. The zero-order valence-electron chi connectivity index (χ0n) is 9.59. The van der Waals surface area contributed by atoms with E-state index in [2.05, 4.69) is 49.4 Å². The molecular formula is C14H19N. The number of benzene rings is 1. The summed E-state index contributed by atoms with van der Waals surface area (Å²) in [5.74, 6) is 2.70. The molecule has 15 heavy (non-hydrogen) atoms. The first-order valence-electron chi connectivity index (χ1n) is 5.51. The highest BCUT2D eigenvalue weighted by Crippen LogP contribution is 2.18. The van der Waals surface area contributed by atoms with Crippen molar-refractivity contribution in [3.05, 3.63) is 35.4 Å². The second kappa shape index (κ2) is 6.27. The molecule has 0 amide bonds. The third kappa shape index (κ3) is 3.77. The maximum Gasteiger partial charge on any atom is 0.0329 e. The fourth-order valence-electron chi connectivity index (χ4n) is 1.66. The van der Waals surface area contributed by atoms with Gasteiger partial charge in [-0.25, -0.2) is 0 Å². The van der Waals surface area contributed by atoms with Crippen molar-refractivity contribution in [2.24, 2.45) is 0 Å². The third-order valence-electron chi connectivity index (χ3n) is 2.51. The van der Waals surface area contributed by atoms with Crippen LogP contribution in [0, 0.1) is 19.3 Å². The molecule has 0 aromatic heterocycles. The second-order valence-corrected chi connectivity index (χ2v) is 3.76. The smallest absolute Gasteiger partial charge is 0.0329 e. The van der Waals surface area contributed by atoms with Crippen molar-refractivity contribution in [3.63, 3.8) is 0 Å². The van der Waals surface area contributed by atoms with Gasteiger partial charge in [0.1, 0.15) is 0 Å². The van der Waals surface area contributed by atoms with Crippen molar-refractivity contribution in [1.82, 2.24) is 5.32 Å². The molecule has 0 aliphatic carbocycles. The van der Waals surface area contributed by atoms with E-state index < -0.39 is 0 Å². The van der Waals surface area contributed by atoms with Gasteiger partial charge >= 0.3 is 0 Å². The van der Waals surface area contributed by atoms with E-state index in [1.165, 1.54) is 11.1 Å². The molecule has 1 atom stereocenters. The van der Waals surface area contributed by atoms with Crippen LogP contribution in [-0.2, 0) is 0 Å². The number of hydrogen-bond donors (Lipinski definition) is 1. The van der Waals surface area contributed by atoms with Crippen LogP contribution >= 0.6 is 0 Å². The average Bonchev–Trinajstić information content (AvgIpc) is 2.25. The number of terminal acetylenes is 1. The molecule has 1 rings (SSSR count). The van der Waals surface area contributed by atoms with Crippen LogP contribution in [0.2, 0.25) is 0 Å². The normalized spacial score (nSPS) is 12.1. The van der Waals surface area contributed by atoms with Crippen LogP contribution in [-0.4, -0.2) is 6.54 Å². The maximum atomic E-state index is 5.30. The molecule has 1 aromatic carbocycles. The first-order valence-corrected chi connectivity index (χ1v) is 5.51. The summed E-state index contributed by atoms with van der Waals surface area (Å²) < 4.78 is 0. The maximum absolute atomic E-state index is 5.30. The summed E-state index contributed by atoms with van der Waals surface area (Å²) in [6.07, 6.45) is 7.13. The Balaban J connectivity index is 2.70. The lowest BCUT2D eigenvalue weighted by atomic mass is 10.0. The average molecular weight is 201 g/mol. The quantitative estimate of drug-likeness (QED) is 0.722. The molecule has 0 heterocycles. The number of rotatable bonds is 5. The van der Waals surface area contributed by atoms with Gasteiger partial charge in [-0.3, -0.25) is 0 Å². The lowest BCUT2D eigenvalue weighted by Crippen LogP contribution is -2.20. The molecule has 1 heteroatoms. The molecule has 0 radical (unpaired) electrons. The van der Waals surface area contributed by atoms with Gasteiger partial charge in [0.05, 0.1) is 0 Å². The SMILES string of the molecule is C#CCCC(NCC)c1ccc(C)cc1. The molecular weight excluding hydrogens is 182 g/mol. The molecule has 0 aliphatic heterocycles. The predicted molar refractivity (Wildman–Crippen MR) is 65.7 cm³/mol. The Kier molecular flexibility index (Phi) is 4.93. The van der Waals surface area contributed by atoms with Gasteiger partial charge in [-0.05, 0) is 25.5 Å². The second-order valence-electron chi connectivity index (χ2n) is 3.76. The van der Waals surface area contributed by atoms with E-state index >= 15 is 0 Å². The van der Waals surface area contributed by atoms with Crippen LogP contribution in [0.3, 0.4) is 0 Å². The lowest BCUT2D eigenvalue weighted by molar-refractivity contribution is 0.522. The van der Waals surface area contributed by atoms with E-state index in [1.54, 1.807) is 0 Å². The number of hydrogen-bond acceptors (Lipinski definition) is 1. The number of aryl methyl sites for hydroxylation is 1. The molecule has 0 aliphatic rings. The van der Waals surface area contributed by atoms with Crippen molar-refractivity contribution in [2.45, 2.75) is 32.7 Å². The van der Waals surface area contributed by atoms with Gasteiger partial charge in [-0.2, -0.15) is 0 Å². The van der Waals surface area contributed by atoms with Crippen LogP contribution in [0.1, 0.15) is 36.9 Å². The van der Waals surface area contributed by atoms with E-state index in [0.29, 0.717) is 6.04 Å². The number of nitrogens with one attached hydrogen (secondary N) is 1. The summed E-state index contributed by atoms with van der Waals surface area (Å²) in [7, 11) is 0. The minimum atomic E-state index is 0.395. The van der Waals surface area contributed by atoms with Crippen LogP contribution < -0.4 is 5.32 Å². The first-order chi connectivity index (χ1) is 7.27. The predicted octanol–water partition coefficient (Wildman–Crippen LogP) is 3.06. The largest absolute Gasteiger partial charge is 0.310 e. The lowest BCUT2D eigenvalue weighted by Gasteiger charge is -2.17. The summed E-state index contributed by atoms with van der Waals surface area (Å²) >= 11 is 0. The minimum absolute atomic E-state index is 0.395. The molecule has 1 nitrogen and oxygen atoms in total. The standard InChI is InChI=1S/C14H19N/c1-4-6-7-14(15-5-2)13-10-8-12(3)9-11-13/h1,8-11,14-15H,5-7H2,2-3H3. The molecule has 1 N–H and O–H groups in total. The first kappa shape index (κ1) is 11.8. The Morgan fingerprint density at radius 3 is 2.53 bits per heavy atom. The highest BCUT2D eigenvalue weighted by molar-refractivity contribution is 5.24. The Labute approximate surface area is 92.9 Å². The minimum Gasteiger partial charge on any atom is -0.310 e. The summed E-state index contributed by atoms with van der Waals surface area (Å²) in [5, 5.41) is 3.46. The van der Waals surface area contributed by atoms with E-state index in [1.807, 2.05) is 0 Å². The van der Waals surface area contributed by atoms with Gasteiger partial charge in [0.2, 0.25) is 0 Å². The van der Waals surface area contributed by atoms with E-state index in [-0.39, 0.29) is 0 Å². The summed E-state index contributed by atoms with van der Waals surface area (Å²) in [4.78, 5) is 0. The zero-order chi connectivity index (χ0) is 11.1. The van der Waals surface area contributed by atoms with Gasteiger partial charge in [-0.15, -0.1) is 12.3 Å². The van der Waals surface area contributed by atoms with Crippen LogP contribution in [0.4, 0.5) is 0 Å². The Morgan fingerprint density at radius 1 is 1.33 bits per heavy atom. The van der Waals surface area contributed by atoms with Gasteiger partial charge < -0.3 is 5.32 Å². The van der Waals surface area contributed by atoms with E-state index in [4.69, 9.17) is 6.42 Å².